The highest BCUT2D eigenvalue weighted by molar-refractivity contribution is 5.76. The molecule has 2 heterocycles. The minimum atomic E-state index is -5.02. The first kappa shape index (κ1) is 14.7. The number of imidazole rings is 2. The van der Waals surface area contributed by atoms with Gasteiger partial charge in [0.15, 0.2) is 11.6 Å². The minimum absolute atomic E-state index is 0.325. The maximum atomic E-state index is 13.8. The fourth-order valence-corrected chi connectivity index (χ4v) is 2.63. The lowest BCUT2D eigenvalue weighted by Crippen LogP contribution is -2.45. The predicted molar refractivity (Wildman–Crippen MR) is 81.2 cm³/mol. The van der Waals surface area contributed by atoms with Crippen LogP contribution in [0, 0.1) is 0 Å². The van der Waals surface area contributed by atoms with Crippen molar-refractivity contribution < 1.29 is 18.3 Å². The molecule has 0 atom stereocenters. The van der Waals surface area contributed by atoms with E-state index >= 15 is 0 Å². The number of nitrogens with one attached hydrogen (secondary N) is 2. The van der Waals surface area contributed by atoms with Gasteiger partial charge in [0.25, 0.3) is 5.60 Å². The third-order valence-corrected chi connectivity index (χ3v) is 3.87. The van der Waals surface area contributed by atoms with Crippen molar-refractivity contribution in [2.24, 2.45) is 0 Å². The van der Waals surface area contributed by atoms with Crippen LogP contribution in [-0.4, -0.2) is 31.2 Å². The van der Waals surface area contributed by atoms with Crippen LogP contribution >= 0.6 is 0 Å². The third-order valence-electron chi connectivity index (χ3n) is 3.87. The fourth-order valence-electron chi connectivity index (χ4n) is 2.63. The quantitative estimate of drug-likeness (QED) is 0.527. The van der Waals surface area contributed by atoms with Gasteiger partial charge in [-0.2, -0.15) is 13.2 Å². The second-order valence-electron chi connectivity index (χ2n) is 5.41. The molecule has 0 bridgehead atoms. The Kier molecular flexibility index (Phi) is 2.95. The first-order valence-corrected chi connectivity index (χ1v) is 7.09. The number of fused-ring (bicyclic) bond motifs is 2. The van der Waals surface area contributed by atoms with Crippen molar-refractivity contribution in [3.63, 3.8) is 0 Å². The summed E-state index contributed by atoms with van der Waals surface area (Å²) in [4.78, 5) is 12.9. The number of hydrogen-bond acceptors (Lipinski definition) is 3. The summed E-state index contributed by atoms with van der Waals surface area (Å²) in [5, 5.41) is 10.6. The van der Waals surface area contributed by atoms with Crippen LogP contribution in [0.1, 0.15) is 11.6 Å². The Hall–Kier alpha value is -2.87. The van der Waals surface area contributed by atoms with Gasteiger partial charge in [0, 0.05) is 0 Å². The molecule has 4 aromatic rings. The molecule has 0 amide bonds. The first-order chi connectivity index (χ1) is 11.4. The average Bonchev–Trinajstić information content (AvgIpc) is 3.16. The molecule has 0 aliphatic heterocycles. The Morgan fingerprint density at radius 3 is 1.54 bits per heavy atom. The lowest BCUT2D eigenvalue weighted by Gasteiger charge is -2.26. The van der Waals surface area contributed by atoms with E-state index in [1.807, 2.05) is 0 Å². The van der Waals surface area contributed by atoms with Crippen molar-refractivity contribution in [1.82, 2.24) is 19.9 Å². The number of nitrogens with zero attached hydrogens (tertiary/aromatic N) is 2. The summed E-state index contributed by atoms with van der Waals surface area (Å²) in [6, 6.07) is 12.9. The van der Waals surface area contributed by atoms with Crippen molar-refractivity contribution in [3.05, 3.63) is 60.2 Å². The highest BCUT2D eigenvalue weighted by Crippen LogP contribution is 2.42. The second-order valence-corrected chi connectivity index (χ2v) is 5.41. The highest BCUT2D eigenvalue weighted by atomic mass is 19.4. The summed E-state index contributed by atoms with van der Waals surface area (Å²) in [6.07, 6.45) is -5.02. The first-order valence-electron chi connectivity index (χ1n) is 7.09. The number of halogens is 3. The molecule has 0 radical (unpaired) electrons. The summed E-state index contributed by atoms with van der Waals surface area (Å²) < 4.78 is 41.3. The predicted octanol–water partition coefficient (Wildman–Crippen LogP) is 3.24. The van der Waals surface area contributed by atoms with Gasteiger partial charge < -0.3 is 15.1 Å². The van der Waals surface area contributed by atoms with E-state index < -0.39 is 23.4 Å². The average molecular weight is 332 g/mol. The largest absolute Gasteiger partial charge is 0.432 e. The summed E-state index contributed by atoms with van der Waals surface area (Å²) >= 11 is 0. The number of alkyl halides is 3. The molecule has 122 valence electrons. The third kappa shape index (κ3) is 2.00. The molecule has 2 aromatic carbocycles. The van der Waals surface area contributed by atoms with E-state index in [1.54, 1.807) is 48.5 Å². The molecule has 24 heavy (non-hydrogen) atoms. The number of benzene rings is 2. The molecule has 0 unspecified atom stereocenters. The zero-order valence-corrected chi connectivity index (χ0v) is 12.1. The summed E-state index contributed by atoms with van der Waals surface area (Å²) in [7, 11) is 0. The summed E-state index contributed by atoms with van der Waals surface area (Å²) in [5.74, 6) is -1.26. The molecular formula is C16H11F3N4O. The van der Waals surface area contributed by atoms with Crippen molar-refractivity contribution in [2.75, 3.05) is 0 Å². The number of rotatable bonds is 2. The van der Waals surface area contributed by atoms with Crippen LogP contribution < -0.4 is 0 Å². The lowest BCUT2D eigenvalue weighted by molar-refractivity contribution is -0.253. The number of aliphatic hydroxyl groups is 1. The number of para-hydroxylation sites is 4. The van der Waals surface area contributed by atoms with E-state index in [1.165, 1.54) is 0 Å². The SMILES string of the molecule is OC(c1nc2ccccc2[nH]1)(c1nc2ccccc2[nH]1)C(F)(F)F. The second kappa shape index (κ2) is 4.81. The molecule has 0 saturated carbocycles. The van der Waals surface area contributed by atoms with Gasteiger partial charge in [0.05, 0.1) is 22.1 Å². The van der Waals surface area contributed by atoms with Crippen LogP contribution in [0.25, 0.3) is 22.1 Å². The van der Waals surface area contributed by atoms with E-state index in [9.17, 15) is 18.3 Å². The van der Waals surface area contributed by atoms with E-state index in [0.29, 0.717) is 22.1 Å². The molecule has 0 saturated heterocycles. The summed E-state index contributed by atoms with van der Waals surface area (Å²) in [5.41, 5.74) is -1.93. The number of aromatic nitrogens is 4. The Labute approximate surface area is 133 Å². The maximum absolute atomic E-state index is 13.8. The van der Waals surface area contributed by atoms with Crippen molar-refractivity contribution in [3.8, 4) is 0 Å². The van der Waals surface area contributed by atoms with Gasteiger partial charge in [-0.15, -0.1) is 0 Å². The normalized spacial score (nSPS) is 13.0. The number of hydrogen-bond donors (Lipinski definition) is 3. The smallest absolute Gasteiger partial charge is 0.368 e. The van der Waals surface area contributed by atoms with Crippen LogP contribution in [-0.2, 0) is 5.60 Å². The van der Waals surface area contributed by atoms with E-state index in [4.69, 9.17) is 0 Å². The van der Waals surface area contributed by atoms with Gasteiger partial charge in [0.1, 0.15) is 0 Å². The molecule has 8 heteroatoms. The van der Waals surface area contributed by atoms with Gasteiger partial charge in [-0.3, -0.25) is 0 Å². The molecule has 3 N–H and O–H groups in total. The van der Waals surface area contributed by atoms with E-state index in [0.717, 1.165) is 0 Å². The van der Waals surface area contributed by atoms with Crippen molar-refractivity contribution >= 4 is 22.1 Å². The fraction of sp³-hybridized carbons (Fsp3) is 0.125. The number of aromatic amines is 2. The topological polar surface area (TPSA) is 77.6 Å². The highest BCUT2D eigenvalue weighted by Gasteiger charge is 2.61. The van der Waals surface area contributed by atoms with Crippen LogP contribution in [0.5, 0.6) is 0 Å². The van der Waals surface area contributed by atoms with Gasteiger partial charge in [-0.1, -0.05) is 24.3 Å². The van der Waals surface area contributed by atoms with Crippen LogP contribution in [0.4, 0.5) is 13.2 Å². The molecule has 0 aliphatic carbocycles. The Morgan fingerprint density at radius 1 is 0.750 bits per heavy atom. The molecule has 0 aliphatic rings. The van der Waals surface area contributed by atoms with E-state index in [-0.39, 0.29) is 0 Å². The van der Waals surface area contributed by atoms with Gasteiger partial charge in [0.2, 0.25) is 0 Å². The summed E-state index contributed by atoms with van der Waals surface area (Å²) in [6.45, 7) is 0. The van der Waals surface area contributed by atoms with E-state index in [2.05, 4.69) is 19.9 Å². The molecule has 0 spiro atoms. The van der Waals surface area contributed by atoms with Crippen molar-refractivity contribution in [2.45, 2.75) is 11.8 Å². The van der Waals surface area contributed by atoms with Crippen LogP contribution in [0.15, 0.2) is 48.5 Å². The Morgan fingerprint density at radius 2 is 1.17 bits per heavy atom. The van der Waals surface area contributed by atoms with Crippen LogP contribution in [0.2, 0.25) is 0 Å². The van der Waals surface area contributed by atoms with Crippen molar-refractivity contribution in [1.29, 1.82) is 0 Å². The Bertz CT molecular complexity index is 894. The molecule has 5 nitrogen and oxygen atoms in total. The zero-order valence-electron chi connectivity index (χ0n) is 12.1. The lowest BCUT2D eigenvalue weighted by atomic mass is 10.0. The zero-order chi connectivity index (χ0) is 16.9. The molecule has 0 fully saturated rings. The van der Waals surface area contributed by atoms with Gasteiger partial charge >= 0.3 is 6.18 Å². The molecule has 4 rings (SSSR count). The Balaban J connectivity index is 1.98. The minimum Gasteiger partial charge on any atom is -0.368 e. The maximum Gasteiger partial charge on any atom is 0.432 e. The monoisotopic (exact) mass is 332 g/mol. The van der Waals surface area contributed by atoms with Gasteiger partial charge in [-0.25, -0.2) is 9.97 Å². The van der Waals surface area contributed by atoms with Crippen LogP contribution in [0.3, 0.4) is 0 Å². The van der Waals surface area contributed by atoms with Gasteiger partial charge in [-0.05, 0) is 24.3 Å². The standard InChI is InChI=1S/C16H11F3N4O/c17-16(18,19)15(24,13-20-9-5-1-2-6-10(9)21-13)14-22-11-7-3-4-8-12(11)23-14/h1-8,24H,(H,20,21)(H,22,23). The number of H-pyrrole nitrogens is 2. The molecule has 2 aromatic heterocycles. The molecular weight excluding hydrogens is 321 g/mol.